The largest absolute Gasteiger partial charge is 0.349 e. The van der Waals surface area contributed by atoms with Gasteiger partial charge in [-0.05, 0) is 33.6 Å². The molecule has 0 unspecified atom stereocenters. The van der Waals surface area contributed by atoms with Crippen LogP contribution in [0.15, 0.2) is 16.9 Å². The standard InChI is InChI=1S/C18H27N5O2/c1-12(2)23-11-15(10-19-23)13(3)20-16(24)8-9-17-21-18(22-25-17)14-6-4-5-7-14/h10-14H,4-9H2,1-3H3,(H,20,24)/t13-/m1/s1. The molecule has 1 amide bonds. The highest BCUT2D eigenvalue weighted by atomic mass is 16.5. The first-order valence-corrected chi connectivity index (χ1v) is 9.19. The molecule has 2 aromatic heterocycles. The number of nitrogens with zero attached hydrogens (tertiary/aromatic N) is 4. The fraction of sp³-hybridized carbons (Fsp3) is 0.667. The summed E-state index contributed by atoms with van der Waals surface area (Å²) in [4.78, 5) is 16.6. The minimum absolute atomic E-state index is 0.0228. The molecule has 0 radical (unpaired) electrons. The second kappa shape index (κ2) is 7.80. The first-order chi connectivity index (χ1) is 12.0. The highest BCUT2D eigenvalue weighted by Gasteiger charge is 2.22. The van der Waals surface area contributed by atoms with E-state index in [1.807, 2.05) is 17.8 Å². The normalized spacial score (nSPS) is 16.5. The number of aryl methyl sites for hydroxylation is 1. The molecule has 2 heterocycles. The van der Waals surface area contributed by atoms with Gasteiger partial charge >= 0.3 is 0 Å². The summed E-state index contributed by atoms with van der Waals surface area (Å²) in [5.41, 5.74) is 1.00. The van der Waals surface area contributed by atoms with Crippen LogP contribution in [0.4, 0.5) is 0 Å². The predicted molar refractivity (Wildman–Crippen MR) is 93.0 cm³/mol. The van der Waals surface area contributed by atoms with Gasteiger partial charge in [0.1, 0.15) is 0 Å². The lowest BCUT2D eigenvalue weighted by Crippen LogP contribution is -2.26. The summed E-state index contributed by atoms with van der Waals surface area (Å²) in [5, 5.41) is 11.4. The summed E-state index contributed by atoms with van der Waals surface area (Å²) in [6.45, 7) is 6.11. The zero-order valence-corrected chi connectivity index (χ0v) is 15.2. The number of nitrogens with one attached hydrogen (secondary N) is 1. The van der Waals surface area contributed by atoms with Gasteiger partial charge in [0.05, 0.1) is 12.2 Å². The summed E-state index contributed by atoms with van der Waals surface area (Å²) >= 11 is 0. The minimum Gasteiger partial charge on any atom is -0.349 e. The molecule has 0 aliphatic heterocycles. The molecule has 2 aromatic rings. The van der Waals surface area contributed by atoms with E-state index in [0.717, 1.165) is 24.2 Å². The highest BCUT2D eigenvalue weighted by molar-refractivity contribution is 5.76. The van der Waals surface area contributed by atoms with Crippen LogP contribution < -0.4 is 5.32 Å². The zero-order chi connectivity index (χ0) is 17.8. The average molecular weight is 345 g/mol. The summed E-state index contributed by atoms with van der Waals surface area (Å²) in [6, 6.07) is 0.236. The van der Waals surface area contributed by atoms with Gasteiger partial charge in [-0.1, -0.05) is 18.0 Å². The topological polar surface area (TPSA) is 85.8 Å². The summed E-state index contributed by atoms with van der Waals surface area (Å²) in [6.07, 6.45) is 9.35. The van der Waals surface area contributed by atoms with Gasteiger partial charge in [0.15, 0.2) is 5.82 Å². The van der Waals surface area contributed by atoms with E-state index in [1.54, 1.807) is 6.20 Å². The maximum Gasteiger partial charge on any atom is 0.227 e. The molecule has 1 aliphatic carbocycles. The van der Waals surface area contributed by atoms with Crippen molar-refractivity contribution in [2.24, 2.45) is 0 Å². The Morgan fingerprint density at radius 2 is 2.12 bits per heavy atom. The number of hydrogen-bond acceptors (Lipinski definition) is 5. The second-order valence-electron chi connectivity index (χ2n) is 7.16. The predicted octanol–water partition coefficient (Wildman–Crippen LogP) is 3.31. The number of amides is 1. The van der Waals surface area contributed by atoms with E-state index < -0.39 is 0 Å². The highest BCUT2D eigenvalue weighted by Crippen LogP contribution is 2.32. The van der Waals surface area contributed by atoms with Crippen LogP contribution in [0.25, 0.3) is 0 Å². The Hall–Kier alpha value is -2.18. The molecule has 0 spiro atoms. The van der Waals surface area contributed by atoms with Crippen LogP contribution in [0.1, 0.15) is 88.2 Å². The molecular weight excluding hydrogens is 318 g/mol. The van der Waals surface area contributed by atoms with Gasteiger partial charge in [0.25, 0.3) is 0 Å². The second-order valence-corrected chi connectivity index (χ2v) is 7.16. The van der Waals surface area contributed by atoms with Crippen LogP contribution in [0.2, 0.25) is 0 Å². The molecule has 7 nitrogen and oxygen atoms in total. The lowest BCUT2D eigenvalue weighted by atomic mass is 10.1. The van der Waals surface area contributed by atoms with E-state index in [0.29, 0.717) is 30.7 Å². The Bertz CT molecular complexity index is 700. The molecule has 25 heavy (non-hydrogen) atoms. The van der Waals surface area contributed by atoms with Crippen molar-refractivity contribution in [1.29, 1.82) is 0 Å². The number of rotatable bonds is 7. The SMILES string of the molecule is CC(C)n1cc([C@@H](C)NC(=O)CCc2nc(C3CCCC3)no2)cn1. The van der Waals surface area contributed by atoms with Gasteiger partial charge in [-0.2, -0.15) is 10.1 Å². The van der Waals surface area contributed by atoms with Gasteiger partial charge in [0.2, 0.25) is 11.8 Å². The van der Waals surface area contributed by atoms with Crippen molar-refractivity contribution in [3.63, 3.8) is 0 Å². The van der Waals surface area contributed by atoms with E-state index in [2.05, 4.69) is 34.4 Å². The Morgan fingerprint density at radius 3 is 2.80 bits per heavy atom. The zero-order valence-electron chi connectivity index (χ0n) is 15.2. The van der Waals surface area contributed by atoms with E-state index in [9.17, 15) is 4.79 Å². The van der Waals surface area contributed by atoms with Gasteiger partial charge < -0.3 is 9.84 Å². The van der Waals surface area contributed by atoms with E-state index in [4.69, 9.17) is 4.52 Å². The Kier molecular flexibility index (Phi) is 5.50. The molecule has 1 atom stereocenters. The third kappa shape index (κ3) is 4.46. The molecule has 0 bridgehead atoms. The smallest absolute Gasteiger partial charge is 0.227 e. The summed E-state index contributed by atoms with van der Waals surface area (Å²) < 4.78 is 7.18. The molecule has 1 fully saturated rings. The van der Waals surface area contributed by atoms with E-state index in [1.165, 1.54) is 12.8 Å². The van der Waals surface area contributed by atoms with Crippen molar-refractivity contribution < 1.29 is 9.32 Å². The van der Waals surface area contributed by atoms with Crippen molar-refractivity contribution in [2.75, 3.05) is 0 Å². The lowest BCUT2D eigenvalue weighted by Gasteiger charge is -2.11. The van der Waals surface area contributed by atoms with Crippen molar-refractivity contribution in [3.05, 3.63) is 29.7 Å². The van der Waals surface area contributed by atoms with Gasteiger partial charge in [-0.3, -0.25) is 9.48 Å². The van der Waals surface area contributed by atoms with Crippen LogP contribution in [-0.2, 0) is 11.2 Å². The molecule has 3 rings (SSSR count). The van der Waals surface area contributed by atoms with Crippen LogP contribution in [0.3, 0.4) is 0 Å². The molecule has 1 aliphatic rings. The van der Waals surface area contributed by atoms with Crippen molar-refractivity contribution in [1.82, 2.24) is 25.2 Å². The molecule has 1 N–H and O–H groups in total. The number of hydrogen-bond donors (Lipinski definition) is 1. The van der Waals surface area contributed by atoms with Gasteiger partial charge in [-0.25, -0.2) is 0 Å². The summed E-state index contributed by atoms with van der Waals surface area (Å²) in [7, 11) is 0. The van der Waals surface area contributed by atoms with Crippen LogP contribution in [0, 0.1) is 0 Å². The van der Waals surface area contributed by atoms with Crippen molar-refractivity contribution >= 4 is 5.91 Å². The first-order valence-electron chi connectivity index (χ1n) is 9.19. The van der Waals surface area contributed by atoms with Gasteiger partial charge in [-0.15, -0.1) is 0 Å². The van der Waals surface area contributed by atoms with Crippen LogP contribution in [0.5, 0.6) is 0 Å². The fourth-order valence-corrected chi connectivity index (χ4v) is 3.20. The maximum absolute atomic E-state index is 12.2. The van der Waals surface area contributed by atoms with E-state index >= 15 is 0 Å². The Morgan fingerprint density at radius 1 is 1.36 bits per heavy atom. The lowest BCUT2D eigenvalue weighted by molar-refractivity contribution is -0.121. The van der Waals surface area contributed by atoms with Gasteiger partial charge in [0, 0.05) is 36.6 Å². The number of carbonyl (C=O) groups is 1. The Balaban J connectivity index is 1.47. The minimum atomic E-state index is -0.0725. The Labute approximate surface area is 148 Å². The van der Waals surface area contributed by atoms with Crippen molar-refractivity contribution in [3.8, 4) is 0 Å². The number of carbonyl (C=O) groups excluding carboxylic acids is 1. The monoisotopic (exact) mass is 345 g/mol. The maximum atomic E-state index is 12.2. The third-order valence-electron chi connectivity index (χ3n) is 4.80. The third-order valence-corrected chi connectivity index (χ3v) is 4.80. The molecule has 7 heteroatoms. The van der Waals surface area contributed by atoms with Crippen LogP contribution >= 0.6 is 0 Å². The van der Waals surface area contributed by atoms with Crippen LogP contribution in [-0.4, -0.2) is 25.8 Å². The number of aromatic nitrogens is 4. The molecular formula is C18H27N5O2. The summed E-state index contributed by atoms with van der Waals surface area (Å²) in [5.74, 6) is 1.77. The van der Waals surface area contributed by atoms with E-state index in [-0.39, 0.29) is 11.9 Å². The average Bonchev–Trinajstić information content (AvgIpc) is 3.33. The first kappa shape index (κ1) is 17.6. The molecule has 136 valence electrons. The molecule has 1 saturated carbocycles. The van der Waals surface area contributed by atoms with Crippen molar-refractivity contribution in [2.45, 2.75) is 77.3 Å². The quantitative estimate of drug-likeness (QED) is 0.832. The molecule has 0 aromatic carbocycles. The fourth-order valence-electron chi connectivity index (χ4n) is 3.20. The molecule has 0 saturated heterocycles.